The van der Waals surface area contributed by atoms with Gasteiger partial charge in [-0.15, -0.1) is 0 Å². The van der Waals surface area contributed by atoms with E-state index in [9.17, 15) is 14.4 Å². The Labute approximate surface area is 132 Å². The van der Waals surface area contributed by atoms with Crippen LogP contribution in [0.15, 0.2) is 0 Å². The highest BCUT2D eigenvalue weighted by Gasteiger charge is 2.25. The first-order valence-corrected chi connectivity index (χ1v) is 7.86. The van der Waals surface area contributed by atoms with Crippen molar-refractivity contribution in [3.63, 3.8) is 0 Å². The Kier molecular flexibility index (Phi) is 7.31. The van der Waals surface area contributed by atoms with E-state index in [1.165, 1.54) is 0 Å². The minimum absolute atomic E-state index is 0.0270. The molecular formula is C15H28N4O3. The van der Waals surface area contributed by atoms with Crippen molar-refractivity contribution in [2.75, 3.05) is 19.6 Å². The molecule has 0 unspecified atom stereocenters. The molecule has 22 heavy (non-hydrogen) atoms. The monoisotopic (exact) mass is 312 g/mol. The fraction of sp³-hybridized carbons (Fsp3) is 0.800. The second-order valence-corrected chi connectivity index (χ2v) is 6.43. The molecule has 1 rings (SSSR count). The third kappa shape index (κ3) is 8.61. The average Bonchev–Trinajstić information content (AvgIpc) is 3.09. The molecule has 0 radical (unpaired) electrons. The molecule has 0 aromatic carbocycles. The van der Waals surface area contributed by atoms with E-state index in [0.29, 0.717) is 0 Å². The molecule has 1 aliphatic carbocycles. The van der Waals surface area contributed by atoms with Crippen molar-refractivity contribution in [2.24, 2.45) is 0 Å². The smallest absolute Gasteiger partial charge is 0.234 e. The second kappa shape index (κ2) is 8.73. The molecule has 7 heteroatoms. The summed E-state index contributed by atoms with van der Waals surface area (Å²) in [5.74, 6) is -0.518. The van der Waals surface area contributed by atoms with Crippen LogP contribution in [0, 0.1) is 0 Å². The van der Waals surface area contributed by atoms with Gasteiger partial charge in [0.05, 0.1) is 19.6 Å². The van der Waals surface area contributed by atoms with Gasteiger partial charge in [0, 0.05) is 18.1 Å². The molecule has 0 heterocycles. The molecule has 3 amide bonds. The van der Waals surface area contributed by atoms with E-state index in [4.69, 9.17) is 0 Å². The van der Waals surface area contributed by atoms with Crippen LogP contribution in [0.4, 0.5) is 0 Å². The average molecular weight is 312 g/mol. The molecule has 1 saturated carbocycles. The van der Waals surface area contributed by atoms with Crippen LogP contribution in [-0.4, -0.2) is 60.4 Å². The van der Waals surface area contributed by atoms with Crippen LogP contribution in [0.2, 0.25) is 0 Å². The second-order valence-electron chi connectivity index (χ2n) is 6.43. The van der Waals surface area contributed by atoms with Gasteiger partial charge >= 0.3 is 0 Å². The molecule has 1 aliphatic rings. The van der Waals surface area contributed by atoms with Gasteiger partial charge in [-0.05, 0) is 40.5 Å². The summed E-state index contributed by atoms with van der Waals surface area (Å²) < 4.78 is 0. The van der Waals surface area contributed by atoms with Crippen molar-refractivity contribution >= 4 is 17.7 Å². The highest BCUT2D eigenvalue weighted by molar-refractivity contribution is 5.84. The van der Waals surface area contributed by atoms with E-state index >= 15 is 0 Å². The van der Waals surface area contributed by atoms with Crippen molar-refractivity contribution in [2.45, 2.75) is 58.7 Å². The van der Waals surface area contributed by atoms with Crippen LogP contribution in [0.5, 0.6) is 0 Å². The summed E-state index contributed by atoms with van der Waals surface area (Å²) >= 11 is 0. The summed E-state index contributed by atoms with van der Waals surface area (Å²) in [4.78, 5) is 37.2. The standard InChI is InChI=1S/C15H28N4O3/c1-10(2)16-13(20)7-19(8-14(21)17-11(3)4)9-15(22)18-12-5-6-12/h10-12H,5-9H2,1-4H3,(H,16,20)(H,17,21)(H,18,22). The van der Waals surface area contributed by atoms with Gasteiger partial charge in [-0.1, -0.05) is 0 Å². The van der Waals surface area contributed by atoms with E-state index < -0.39 is 0 Å². The Morgan fingerprint density at radius 2 is 1.27 bits per heavy atom. The van der Waals surface area contributed by atoms with Crippen molar-refractivity contribution in [3.05, 3.63) is 0 Å². The first kappa shape index (κ1) is 18.4. The maximum absolute atomic E-state index is 11.9. The molecule has 0 saturated heterocycles. The van der Waals surface area contributed by atoms with Crippen molar-refractivity contribution < 1.29 is 14.4 Å². The topological polar surface area (TPSA) is 90.5 Å². The Hall–Kier alpha value is -1.63. The first-order chi connectivity index (χ1) is 10.3. The fourth-order valence-corrected chi connectivity index (χ4v) is 2.01. The number of amides is 3. The van der Waals surface area contributed by atoms with Crippen molar-refractivity contribution in [1.29, 1.82) is 0 Å². The molecular weight excluding hydrogens is 284 g/mol. The number of carbonyl (C=O) groups is 3. The van der Waals surface area contributed by atoms with Crippen LogP contribution in [-0.2, 0) is 14.4 Å². The number of hydrogen-bond donors (Lipinski definition) is 3. The van der Waals surface area contributed by atoms with Crippen LogP contribution < -0.4 is 16.0 Å². The maximum Gasteiger partial charge on any atom is 0.234 e. The fourth-order valence-electron chi connectivity index (χ4n) is 2.01. The van der Waals surface area contributed by atoms with Crippen LogP contribution in [0.25, 0.3) is 0 Å². The van der Waals surface area contributed by atoms with Gasteiger partial charge in [-0.3, -0.25) is 19.3 Å². The van der Waals surface area contributed by atoms with E-state index in [1.807, 2.05) is 27.7 Å². The zero-order chi connectivity index (χ0) is 16.7. The van der Waals surface area contributed by atoms with Crippen molar-refractivity contribution in [3.8, 4) is 0 Å². The van der Waals surface area contributed by atoms with Gasteiger partial charge in [0.15, 0.2) is 0 Å². The van der Waals surface area contributed by atoms with Crippen LogP contribution in [0.3, 0.4) is 0 Å². The highest BCUT2D eigenvalue weighted by Crippen LogP contribution is 2.18. The molecule has 0 spiro atoms. The number of carbonyl (C=O) groups excluding carboxylic acids is 3. The van der Waals surface area contributed by atoms with E-state index in [1.54, 1.807) is 4.90 Å². The summed E-state index contributed by atoms with van der Waals surface area (Å²) in [6.45, 7) is 7.58. The predicted molar refractivity (Wildman–Crippen MR) is 84.2 cm³/mol. The summed E-state index contributed by atoms with van der Waals surface area (Å²) in [6, 6.07) is 0.321. The van der Waals surface area contributed by atoms with Crippen LogP contribution in [0.1, 0.15) is 40.5 Å². The van der Waals surface area contributed by atoms with Gasteiger partial charge in [0.2, 0.25) is 17.7 Å². The minimum atomic E-state index is -0.188. The molecule has 0 atom stereocenters. The zero-order valence-electron chi connectivity index (χ0n) is 13.9. The number of rotatable bonds is 9. The van der Waals surface area contributed by atoms with E-state index in [-0.39, 0.29) is 55.5 Å². The highest BCUT2D eigenvalue weighted by atomic mass is 16.2. The molecule has 0 aromatic rings. The maximum atomic E-state index is 11.9. The molecule has 3 N–H and O–H groups in total. The van der Waals surface area contributed by atoms with Crippen molar-refractivity contribution in [1.82, 2.24) is 20.9 Å². The number of nitrogens with zero attached hydrogens (tertiary/aromatic N) is 1. The Bertz CT molecular complexity index is 357. The third-order valence-electron chi connectivity index (χ3n) is 2.94. The lowest BCUT2D eigenvalue weighted by atomic mass is 10.3. The molecule has 0 aromatic heterocycles. The number of hydrogen-bond acceptors (Lipinski definition) is 4. The molecule has 0 bridgehead atoms. The Morgan fingerprint density at radius 1 is 0.864 bits per heavy atom. The van der Waals surface area contributed by atoms with E-state index in [2.05, 4.69) is 16.0 Å². The minimum Gasteiger partial charge on any atom is -0.353 e. The Balaban J connectivity index is 2.51. The summed E-state index contributed by atoms with van der Waals surface area (Å²) in [6.07, 6.45) is 2.01. The largest absolute Gasteiger partial charge is 0.353 e. The zero-order valence-corrected chi connectivity index (χ0v) is 13.9. The normalized spacial score (nSPS) is 14.3. The number of nitrogens with one attached hydrogen (secondary N) is 3. The summed E-state index contributed by atoms with van der Waals surface area (Å²) in [7, 11) is 0. The quantitative estimate of drug-likeness (QED) is 0.541. The van der Waals surface area contributed by atoms with Gasteiger partial charge < -0.3 is 16.0 Å². The first-order valence-electron chi connectivity index (χ1n) is 7.86. The molecule has 1 fully saturated rings. The molecule has 0 aliphatic heterocycles. The summed E-state index contributed by atoms with van der Waals surface area (Å²) in [5, 5.41) is 8.41. The third-order valence-corrected chi connectivity index (χ3v) is 2.94. The van der Waals surface area contributed by atoms with Gasteiger partial charge in [-0.2, -0.15) is 0 Å². The predicted octanol–water partition coefficient (Wildman–Crippen LogP) is -0.384. The van der Waals surface area contributed by atoms with Gasteiger partial charge in [0.25, 0.3) is 0 Å². The van der Waals surface area contributed by atoms with Crippen LogP contribution >= 0.6 is 0 Å². The van der Waals surface area contributed by atoms with Gasteiger partial charge in [-0.25, -0.2) is 0 Å². The molecule has 7 nitrogen and oxygen atoms in total. The van der Waals surface area contributed by atoms with Gasteiger partial charge in [0.1, 0.15) is 0 Å². The SMILES string of the molecule is CC(C)NC(=O)CN(CC(=O)NC(C)C)CC(=O)NC1CC1. The lowest BCUT2D eigenvalue weighted by Gasteiger charge is -2.22. The Morgan fingerprint density at radius 3 is 1.64 bits per heavy atom. The van der Waals surface area contributed by atoms with E-state index in [0.717, 1.165) is 12.8 Å². The lowest BCUT2D eigenvalue weighted by Crippen LogP contribution is -2.48. The lowest BCUT2D eigenvalue weighted by molar-refractivity contribution is -0.128. The summed E-state index contributed by atoms with van der Waals surface area (Å²) in [5.41, 5.74) is 0. The molecule has 126 valence electrons.